The Morgan fingerprint density at radius 3 is 2.79 bits per heavy atom. The summed E-state index contributed by atoms with van der Waals surface area (Å²) in [5, 5.41) is 0. The van der Waals surface area contributed by atoms with Gasteiger partial charge in [0.05, 0.1) is 12.7 Å². The fourth-order valence-electron chi connectivity index (χ4n) is 2.63. The maximum absolute atomic E-state index is 6.13. The van der Waals surface area contributed by atoms with E-state index in [-0.39, 0.29) is 0 Å². The molecule has 0 aromatic heterocycles. The summed E-state index contributed by atoms with van der Waals surface area (Å²) < 4.78 is 11.7. The number of benzene rings is 1. The summed E-state index contributed by atoms with van der Waals surface area (Å²) in [5.74, 6) is 2.26. The van der Waals surface area contributed by atoms with Crippen molar-refractivity contribution >= 4 is 5.69 Å². The summed E-state index contributed by atoms with van der Waals surface area (Å²) in [6.07, 6.45) is 6.09. The minimum atomic E-state index is 0.299. The van der Waals surface area contributed by atoms with Crippen molar-refractivity contribution in [2.45, 2.75) is 52.1 Å². The van der Waals surface area contributed by atoms with Crippen molar-refractivity contribution < 1.29 is 9.47 Å². The van der Waals surface area contributed by atoms with Gasteiger partial charge in [-0.25, -0.2) is 0 Å². The van der Waals surface area contributed by atoms with Crippen molar-refractivity contribution in [1.82, 2.24) is 0 Å². The topological polar surface area (TPSA) is 44.5 Å². The zero-order valence-corrected chi connectivity index (χ0v) is 12.0. The Labute approximate surface area is 116 Å². The predicted octanol–water partition coefficient (Wildman–Crippen LogP) is 4.02. The van der Waals surface area contributed by atoms with Gasteiger partial charge >= 0.3 is 0 Å². The fraction of sp³-hybridized carbons (Fsp3) is 0.625. The van der Waals surface area contributed by atoms with Crippen molar-refractivity contribution in [3.05, 3.63) is 18.2 Å². The van der Waals surface area contributed by atoms with Crippen LogP contribution in [0.2, 0.25) is 0 Å². The van der Waals surface area contributed by atoms with E-state index in [2.05, 4.69) is 13.8 Å². The second kappa shape index (κ2) is 6.69. The first-order valence-corrected chi connectivity index (χ1v) is 7.38. The number of para-hydroxylation sites is 1. The van der Waals surface area contributed by atoms with Crippen LogP contribution in [0.4, 0.5) is 5.69 Å². The smallest absolute Gasteiger partial charge is 0.146 e. The van der Waals surface area contributed by atoms with Crippen molar-refractivity contribution in [1.29, 1.82) is 0 Å². The fourth-order valence-corrected chi connectivity index (χ4v) is 2.63. The van der Waals surface area contributed by atoms with Gasteiger partial charge in [0.1, 0.15) is 17.2 Å². The van der Waals surface area contributed by atoms with Crippen LogP contribution in [0, 0.1) is 5.92 Å². The molecule has 106 valence electrons. The molecule has 0 aliphatic heterocycles. The Bertz CT molecular complexity index is 406. The molecule has 2 unspecified atom stereocenters. The van der Waals surface area contributed by atoms with Gasteiger partial charge in [0.25, 0.3) is 0 Å². The molecule has 2 N–H and O–H groups in total. The van der Waals surface area contributed by atoms with Gasteiger partial charge in [-0.05, 0) is 43.7 Å². The van der Waals surface area contributed by atoms with Gasteiger partial charge in [-0.3, -0.25) is 0 Å². The van der Waals surface area contributed by atoms with Crippen LogP contribution in [-0.2, 0) is 0 Å². The van der Waals surface area contributed by atoms with E-state index in [0.717, 1.165) is 36.7 Å². The Balaban J connectivity index is 2.03. The minimum absolute atomic E-state index is 0.299. The van der Waals surface area contributed by atoms with E-state index in [1.165, 1.54) is 12.8 Å². The molecule has 2 rings (SSSR count). The Hall–Kier alpha value is -1.38. The minimum Gasteiger partial charge on any atom is -0.491 e. The van der Waals surface area contributed by atoms with E-state index in [1.54, 1.807) is 0 Å². The van der Waals surface area contributed by atoms with Crippen LogP contribution in [-0.4, -0.2) is 12.7 Å². The van der Waals surface area contributed by atoms with Crippen LogP contribution in [0.3, 0.4) is 0 Å². The van der Waals surface area contributed by atoms with Crippen molar-refractivity contribution in [2.75, 3.05) is 12.3 Å². The molecule has 1 aromatic rings. The van der Waals surface area contributed by atoms with Crippen LogP contribution in [0.25, 0.3) is 0 Å². The zero-order chi connectivity index (χ0) is 13.7. The maximum Gasteiger partial charge on any atom is 0.146 e. The summed E-state index contributed by atoms with van der Waals surface area (Å²) in [4.78, 5) is 0. The molecule has 0 heterocycles. The Kier molecular flexibility index (Phi) is 4.94. The van der Waals surface area contributed by atoms with E-state index in [1.807, 2.05) is 18.2 Å². The second-order valence-electron chi connectivity index (χ2n) is 5.53. The maximum atomic E-state index is 6.13. The molecule has 1 aliphatic carbocycles. The van der Waals surface area contributed by atoms with E-state index >= 15 is 0 Å². The van der Waals surface area contributed by atoms with Crippen LogP contribution in [0.15, 0.2) is 18.2 Å². The molecule has 1 aliphatic rings. The van der Waals surface area contributed by atoms with E-state index in [4.69, 9.17) is 15.2 Å². The zero-order valence-electron chi connectivity index (χ0n) is 12.0. The summed E-state index contributed by atoms with van der Waals surface area (Å²) in [5.41, 5.74) is 6.76. The third-order valence-corrected chi connectivity index (χ3v) is 3.67. The van der Waals surface area contributed by atoms with Gasteiger partial charge in [0.2, 0.25) is 0 Å². The standard InChI is InChI=1S/C16H25NO2/c1-3-10-18-14-8-5-9-15(16(14)17)19-13-7-4-6-12(2)11-13/h5,8-9,12-13H,3-4,6-7,10-11,17H2,1-2H3. The second-order valence-corrected chi connectivity index (χ2v) is 5.53. The monoisotopic (exact) mass is 263 g/mol. The lowest BCUT2D eigenvalue weighted by molar-refractivity contribution is 0.129. The van der Waals surface area contributed by atoms with Crippen molar-refractivity contribution in [3.63, 3.8) is 0 Å². The molecule has 0 bridgehead atoms. The van der Waals surface area contributed by atoms with Gasteiger partial charge < -0.3 is 15.2 Å². The molecule has 3 heteroatoms. The number of hydrogen-bond donors (Lipinski definition) is 1. The molecule has 2 atom stereocenters. The largest absolute Gasteiger partial charge is 0.491 e. The lowest BCUT2D eigenvalue weighted by Gasteiger charge is -2.28. The van der Waals surface area contributed by atoms with Crippen molar-refractivity contribution in [3.8, 4) is 11.5 Å². The van der Waals surface area contributed by atoms with E-state index in [9.17, 15) is 0 Å². The van der Waals surface area contributed by atoms with Gasteiger partial charge in [-0.15, -0.1) is 0 Å². The molecule has 0 radical (unpaired) electrons. The highest BCUT2D eigenvalue weighted by molar-refractivity contribution is 5.62. The summed E-state index contributed by atoms with van der Waals surface area (Å²) in [7, 11) is 0. The van der Waals surface area contributed by atoms with Crippen LogP contribution >= 0.6 is 0 Å². The normalized spacial score (nSPS) is 23.1. The lowest BCUT2D eigenvalue weighted by atomic mass is 9.89. The highest BCUT2D eigenvalue weighted by Gasteiger charge is 2.21. The quantitative estimate of drug-likeness (QED) is 0.816. The molecular formula is C16H25NO2. The Morgan fingerprint density at radius 1 is 1.26 bits per heavy atom. The number of nitrogens with two attached hydrogens (primary N) is 1. The average molecular weight is 263 g/mol. The molecular weight excluding hydrogens is 238 g/mol. The molecule has 3 nitrogen and oxygen atoms in total. The molecule has 19 heavy (non-hydrogen) atoms. The first-order valence-electron chi connectivity index (χ1n) is 7.38. The highest BCUT2D eigenvalue weighted by atomic mass is 16.5. The van der Waals surface area contributed by atoms with Gasteiger partial charge in [-0.1, -0.05) is 26.3 Å². The third-order valence-electron chi connectivity index (χ3n) is 3.67. The Morgan fingerprint density at radius 2 is 2.05 bits per heavy atom. The molecule has 1 aromatic carbocycles. The number of rotatable bonds is 5. The molecule has 1 fully saturated rings. The first-order chi connectivity index (χ1) is 9.20. The van der Waals surface area contributed by atoms with Crippen LogP contribution in [0.1, 0.15) is 46.0 Å². The molecule has 0 spiro atoms. The predicted molar refractivity (Wildman–Crippen MR) is 78.7 cm³/mol. The first kappa shape index (κ1) is 14.0. The summed E-state index contributed by atoms with van der Waals surface area (Å²) in [6, 6.07) is 5.79. The number of hydrogen-bond acceptors (Lipinski definition) is 3. The summed E-state index contributed by atoms with van der Waals surface area (Å²) in [6.45, 7) is 5.06. The van der Waals surface area contributed by atoms with Crippen molar-refractivity contribution in [2.24, 2.45) is 5.92 Å². The number of ether oxygens (including phenoxy) is 2. The lowest BCUT2D eigenvalue weighted by Crippen LogP contribution is -2.24. The van der Waals surface area contributed by atoms with Crippen LogP contribution < -0.4 is 15.2 Å². The molecule has 0 amide bonds. The average Bonchev–Trinajstić information content (AvgIpc) is 2.40. The van der Waals surface area contributed by atoms with Gasteiger partial charge in [0.15, 0.2) is 0 Å². The van der Waals surface area contributed by atoms with E-state index in [0.29, 0.717) is 18.4 Å². The summed E-state index contributed by atoms with van der Waals surface area (Å²) >= 11 is 0. The van der Waals surface area contributed by atoms with Crippen LogP contribution in [0.5, 0.6) is 11.5 Å². The number of nitrogen functional groups attached to an aromatic ring is 1. The van der Waals surface area contributed by atoms with E-state index < -0.39 is 0 Å². The molecule has 1 saturated carbocycles. The highest BCUT2D eigenvalue weighted by Crippen LogP contribution is 2.34. The molecule has 0 saturated heterocycles. The van der Waals surface area contributed by atoms with Gasteiger partial charge in [0, 0.05) is 0 Å². The number of anilines is 1. The third kappa shape index (κ3) is 3.79. The SMILES string of the molecule is CCCOc1cccc(OC2CCCC(C)C2)c1N. The van der Waals surface area contributed by atoms with Gasteiger partial charge in [-0.2, -0.15) is 0 Å².